The van der Waals surface area contributed by atoms with Gasteiger partial charge in [0.2, 0.25) is 0 Å². The van der Waals surface area contributed by atoms with Crippen molar-refractivity contribution in [2.45, 2.75) is 54.5 Å². The van der Waals surface area contributed by atoms with E-state index in [1.165, 1.54) is 6.26 Å². The van der Waals surface area contributed by atoms with Gasteiger partial charge in [0.05, 0.1) is 5.25 Å². The van der Waals surface area contributed by atoms with Crippen LogP contribution in [0.25, 0.3) is 0 Å². The standard InChI is InChI=1S/C17H29Cl2NO2S/c1-20-9-15(11-3-5-13(6-4-11)23(2,21)22)14-7-12(18)8-17(19)16(14)10-20/h11-17H,3-10H2,1-2H3/t11?,12?,13?,14?,15-,16?,17?/m0/s1. The number of piperidine rings is 1. The molecule has 3 fully saturated rings. The summed E-state index contributed by atoms with van der Waals surface area (Å²) in [5, 5.41) is 0.273. The Hall–Kier alpha value is 0.490. The van der Waals surface area contributed by atoms with E-state index in [0.717, 1.165) is 51.6 Å². The van der Waals surface area contributed by atoms with Crippen LogP contribution in [0.1, 0.15) is 38.5 Å². The molecule has 3 rings (SSSR count). The Bertz CT molecular complexity index is 519. The van der Waals surface area contributed by atoms with Gasteiger partial charge in [-0.25, -0.2) is 8.42 Å². The molecule has 1 saturated heterocycles. The van der Waals surface area contributed by atoms with Gasteiger partial charge in [0, 0.05) is 30.1 Å². The molecule has 0 N–H and O–H groups in total. The second kappa shape index (κ2) is 7.01. The molecule has 3 nitrogen and oxygen atoms in total. The Morgan fingerprint density at radius 3 is 2.13 bits per heavy atom. The van der Waals surface area contributed by atoms with E-state index in [4.69, 9.17) is 23.2 Å². The second-order valence-corrected chi connectivity index (χ2v) is 11.7. The molecule has 23 heavy (non-hydrogen) atoms. The molecule has 134 valence electrons. The predicted octanol–water partition coefficient (Wildman–Crippen LogP) is 3.39. The smallest absolute Gasteiger partial charge is 0.150 e. The van der Waals surface area contributed by atoms with Gasteiger partial charge < -0.3 is 4.90 Å². The first-order valence-electron chi connectivity index (χ1n) is 8.91. The zero-order valence-electron chi connectivity index (χ0n) is 14.1. The highest BCUT2D eigenvalue weighted by Gasteiger charge is 2.46. The van der Waals surface area contributed by atoms with Gasteiger partial charge in [-0.15, -0.1) is 23.2 Å². The van der Waals surface area contributed by atoms with Crippen molar-refractivity contribution in [1.29, 1.82) is 0 Å². The van der Waals surface area contributed by atoms with Crippen molar-refractivity contribution in [3.8, 4) is 0 Å². The number of rotatable bonds is 2. The maximum atomic E-state index is 11.8. The van der Waals surface area contributed by atoms with Gasteiger partial charge >= 0.3 is 0 Å². The average molecular weight is 382 g/mol. The fraction of sp³-hybridized carbons (Fsp3) is 1.00. The van der Waals surface area contributed by atoms with Crippen molar-refractivity contribution in [2.75, 3.05) is 26.4 Å². The Labute approximate surface area is 151 Å². The first-order valence-corrected chi connectivity index (χ1v) is 11.7. The largest absolute Gasteiger partial charge is 0.306 e. The van der Waals surface area contributed by atoms with Crippen LogP contribution in [-0.2, 0) is 9.84 Å². The Morgan fingerprint density at radius 2 is 1.52 bits per heavy atom. The Morgan fingerprint density at radius 1 is 0.913 bits per heavy atom. The Balaban J connectivity index is 1.71. The summed E-state index contributed by atoms with van der Waals surface area (Å²) >= 11 is 13.1. The van der Waals surface area contributed by atoms with E-state index >= 15 is 0 Å². The van der Waals surface area contributed by atoms with E-state index < -0.39 is 9.84 Å². The van der Waals surface area contributed by atoms with E-state index in [0.29, 0.717) is 23.7 Å². The molecule has 1 heterocycles. The van der Waals surface area contributed by atoms with Crippen LogP contribution >= 0.6 is 23.2 Å². The molecule has 0 amide bonds. The lowest BCUT2D eigenvalue weighted by molar-refractivity contribution is 0.0109. The minimum absolute atomic E-state index is 0.122. The highest BCUT2D eigenvalue weighted by molar-refractivity contribution is 7.91. The Kier molecular flexibility index (Phi) is 5.57. The molecule has 3 aliphatic rings. The van der Waals surface area contributed by atoms with Crippen LogP contribution in [-0.4, -0.2) is 55.7 Å². The summed E-state index contributed by atoms with van der Waals surface area (Å²) in [6, 6.07) is 0. The highest BCUT2D eigenvalue weighted by Crippen LogP contribution is 2.48. The molecule has 0 bridgehead atoms. The molecule has 0 aromatic heterocycles. The molecular weight excluding hydrogens is 353 g/mol. The third kappa shape index (κ3) is 4.02. The maximum Gasteiger partial charge on any atom is 0.150 e. The third-order valence-electron chi connectivity index (χ3n) is 6.55. The SMILES string of the molecule is CN1CC2C(Cl)CC(Cl)CC2[C@H](C2CCC(S(C)(=O)=O)CC2)C1. The van der Waals surface area contributed by atoms with E-state index in [-0.39, 0.29) is 16.0 Å². The summed E-state index contributed by atoms with van der Waals surface area (Å²) in [6.07, 6.45) is 7.13. The lowest BCUT2D eigenvalue weighted by atomic mass is 9.63. The summed E-state index contributed by atoms with van der Waals surface area (Å²) in [5.74, 6) is 2.42. The van der Waals surface area contributed by atoms with Crippen molar-refractivity contribution in [3.05, 3.63) is 0 Å². The number of alkyl halides is 2. The average Bonchev–Trinajstić information content (AvgIpc) is 2.47. The normalized spacial score (nSPS) is 46.3. The second-order valence-electron chi connectivity index (χ2n) is 8.16. The topological polar surface area (TPSA) is 37.4 Å². The van der Waals surface area contributed by atoms with Crippen LogP contribution in [0.2, 0.25) is 0 Å². The van der Waals surface area contributed by atoms with E-state index in [9.17, 15) is 8.42 Å². The first kappa shape index (κ1) is 18.3. The van der Waals surface area contributed by atoms with E-state index in [1.54, 1.807) is 0 Å². The summed E-state index contributed by atoms with van der Waals surface area (Å²) in [6.45, 7) is 2.19. The molecule has 0 spiro atoms. The molecule has 0 aromatic rings. The number of nitrogens with zero attached hydrogens (tertiary/aromatic N) is 1. The fourth-order valence-electron chi connectivity index (χ4n) is 5.37. The minimum atomic E-state index is -2.88. The first-order chi connectivity index (χ1) is 10.8. The minimum Gasteiger partial charge on any atom is -0.306 e. The van der Waals surface area contributed by atoms with Gasteiger partial charge in [0.25, 0.3) is 0 Å². The summed E-state index contributed by atoms with van der Waals surface area (Å²) < 4.78 is 23.6. The molecule has 5 atom stereocenters. The van der Waals surface area contributed by atoms with Gasteiger partial charge in [0.15, 0.2) is 0 Å². The van der Waals surface area contributed by atoms with Gasteiger partial charge in [-0.1, -0.05) is 0 Å². The zero-order valence-corrected chi connectivity index (χ0v) is 16.5. The molecule has 2 aliphatic carbocycles. The molecule has 0 aromatic carbocycles. The quantitative estimate of drug-likeness (QED) is 0.687. The number of hydrogen-bond donors (Lipinski definition) is 0. The van der Waals surface area contributed by atoms with Crippen LogP contribution < -0.4 is 0 Å². The number of fused-ring (bicyclic) bond motifs is 1. The van der Waals surface area contributed by atoms with Crippen molar-refractivity contribution in [3.63, 3.8) is 0 Å². The van der Waals surface area contributed by atoms with Crippen molar-refractivity contribution >= 4 is 33.0 Å². The van der Waals surface area contributed by atoms with Crippen LogP contribution in [0, 0.1) is 23.7 Å². The van der Waals surface area contributed by atoms with Gasteiger partial charge in [-0.2, -0.15) is 0 Å². The van der Waals surface area contributed by atoms with Crippen LogP contribution in [0.4, 0.5) is 0 Å². The van der Waals surface area contributed by atoms with Crippen LogP contribution in [0.3, 0.4) is 0 Å². The van der Waals surface area contributed by atoms with Gasteiger partial charge in [-0.3, -0.25) is 0 Å². The zero-order chi connectivity index (χ0) is 16.8. The fourth-order valence-corrected chi connectivity index (χ4v) is 7.47. The van der Waals surface area contributed by atoms with Crippen molar-refractivity contribution in [2.24, 2.45) is 23.7 Å². The lowest BCUT2D eigenvalue weighted by Crippen LogP contribution is -2.53. The van der Waals surface area contributed by atoms with Crippen LogP contribution in [0.15, 0.2) is 0 Å². The molecule has 6 heteroatoms. The van der Waals surface area contributed by atoms with Crippen LogP contribution in [0.5, 0.6) is 0 Å². The highest BCUT2D eigenvalue weighted by atomic mass is 35.5. The monoisotopic (exact) mass is 381 g/mol. The lowest BCUT2D eigenvalue weighted by Gasteiger charge is -2.51. The maximum absolute atomic E-state index is 11.8. The van der Waals surface area contributed by atoms with Gasteiger partial charge in [0.1, 0.15) is 9.84 Å². The molecule has 0 radical (unpaired) electrons. The number of hydrogen-bond acceptors (Lipinski definition) is 3. The molecule has 2 saturated carbocycles. The van der Waals surface area contributed by atoms with E-state index in [2.05, 4.69) is 11.9 Å². The predicted molar refractivity (Wildman–Crippen MR) is 97.1 cm³/mol. The molecular formula is C17H29Cl2NO2S. The number of likely N-dealkylation sites (tertiary alicyclic amines) is 1. The number of halogens is 2. The molecule has 1 aliphatic heterocycles. The molecule has 4 unspecified atom stereocenters. The number of sulfone groups is 1. The van der Waals surface area contributed by atoms with Crippen molar-refractivity contribution < 1.29 is 8.42 Å². The third-order valence-corrected chi connectivity index (χ3v) is 9.09. The summed E-state index contributed by atoms with van der Waals surface area (Å²) in [7, 11) is -0.688. The van der Waals surface area contributed by atoms with E-state index in [1.807, 2.05) is 0 Å². The summed E-state index contributed by atoms with van der Waals surface area (Å²) in [5.41, 5.74) is 0. The van der Waals surface area contributed by atoms with Gasteiger partial charge in [-0.05, 0) is 69.2 Å². The van der Waals surface area contributed by atoms with Crippen molar-refractivity contribution in [1.82, 2.24) is 4.90 Å². The summed E-state index contributed by atoms with van der Waals surface area (Å²) in [4.78, 5) is 2.43.